The molecule has 0 amide bonds. The lowest BCUT2D eigenvalue weighted by Gasteiger charge is -1.99. The smallest absolute Gasteiger partial charge is 0.177 e. The minimum Gasteiger partial charge on any atom is -0.238 e. The molecule has 0 saturated heterocycles. The molecule has 0 saturated carbocycles. The lowest BCUT2D eigenvalue weighted by atomic mass is 10.3. The molecule has 0 bridgehead atoms. The molecule has 0 fully saturated rings. The average Bonchev–Trinajstić information content (AvgIpc) is 2.61. The maximum atomic E-state index is 8.76. The van der Waals surface area contributed by atoms with Crippen LogP contribution < -0.4 is 0 Å². The fourth-order valence-corrected chi connectivity index (χ4v) is 1.78. The molecule has 3 nitrogen and oxygen atoms in total. The van der Waals surface area contributed by atoms with Gasteiger partial charge in [-0.1, -0.05) is 15.9 Å². The third-order valence-electron chi connectivity index (χ3n) is 1.87. The van der Waals surface area contributed by atoms with E-state index in [0.29, 0.717) is 10.2 Å². The van der Waals surface area contributed by atoms with Gasteiger partial charge < -0.3 is 0 Å². The van der Waals surface area contributed by atoms with Crippen molar-refractivity contribution in [1.29, 1.82) is 5.26 Å². The summed E-state index contributed by atoms with van der Waals surface area (Å²) >= 11 is 6.63. The predicted octanol–water partition coefficient (Wildman–Crippen LogP) is 3.27. The van der Waals surface area contributed by atoms with Gasteiger partial charge in [0, 0.05) is 10.7 Å². The highest BCUT2D eigenvalue weighted by molar-refractivity contribution is 9.10. The maximum absolute atomic E-state index is 8.76. The van der Waals surface area contributed by atoms with Crippen LogP contribution in [0.5, 0.6) is 0 Å². The van der Waals surface area contributed by atoms with Crippen LogP contribution in [0.15, 0.2) is 39.4 Å². The molecule has 0 N–H and O–H groups in total. The molecule has 1 heterocycles. The quantitative estimate of drug-likeness (QED) is 0.807. The number of aromatic nitrogens is 2. The minimum absolute atomic E-state index is 0.387. The largest absolute Gasteiger partial charge is 0.238 e. The van der Waals surface area contributed by atoms with E-state index in [9.17, 15) is 0 Å². The fourth-order valence-electron chi connectivity index (χ4n) is 1.15. The summed E-state index contributed by atoms with van der Waals surface area (Å²) in [6.45, 7) is 0. The van der Waals surface area contributed by atoms with Crippen LogP contribution in [0.2, 0.25) is 0 Å². The molecule has 0 aliphatic heterocycles. The van der Waals surface area contributed by atoms with E-state index in [1.54, 1.807) is 10.9 Å². The van der Waals surface area contributed by atoms with Crippen molar-refractivity contribution in [2.24, 2.45) is 0 Å². The van der Waals surface area contributed by atoms with Gasteiger partial charge in [0.05, 0.1) is 10.2 Å². The van der Waals surface area contributed by atoms with Crippen LogP contribution in [0.4, 0.5) is 0 Å². The molecule has 1 aromatic heterocycles. The molecule has 15 heavy (non-hydrogen) atoms. The van der Waals surface area contributed by atoms with Crippen molar-refractivity contribution in [2.75, 3.05) is 0 Å². The van der Waals surface area contributed by atoms with Gasteiger partial charge in [0.1, 0.15) is 6.07 Å². The highest BCUT2D eigenvalue weighted by Gasteiger charge is 2.06. The summed E-state index contributed by atoms with van der Waals surface area (Å²) in [7, 11) is 0. The van der Waals surface area contributed by atoms with Crippen LogP contribution in [0.1, 0.15) is 5.69 Å². The van der Waals surface area contributed by atoms with Gasteiger partial charge >= 0.3 is 0 Å². The Kier molecular flexibility index (Phi) is 2.89. The zero-order valence-corrected chi connectivity index (χ0v) is 10.7. The number of hydrogen-bond acceptors (Lipinski definition) is 2. The summed E-state index contributed by atoms with van der Waals surface area (Å²) in [6.07, 6.45) is 1.77. The second kappa shape index (κ2) is 4.17. The predicted molar refractivity (Wildman–Crippen MR) is 63.7 cm³/mol. The summed E-state index contributed by atoms with van der Waals surface area (Å²) in [6, 6.07) is 9.71. The van der Waals surface area contributed by atoms with Gasteiger partial charge in [0.25, 0.3) is 0 Å². The second-order valence-electron chi connectivity index (χ2n) is 2.86. The standard InChI is InChI=1S/C10H5Br2N3/c11-7-1-3-8(4-2-7)15-6-9(12)10(5-13)14-15/h1-4,6H. The number of hydrogen-bond donors (Lipinski definition) is 0. The van der Waals surface area contributed by atoms with Crippen molar-refractivity contribution >= 4 is 31.9 Å². The third kappa shape index (κ3) is 2.11. The Morgan fingerprint density at radius 1 is 1.20 bits per heavy atom. The first kappa shape index (κ1) is 10.4. The van der Waals surface area contributed by atoms with Crippen molar-refractivity contribution in [1.82, 2.24) is 9.78 Å². The maximum Gasteiger partial charge on any atom is 0.177 e. The van der Waals surface area contributed by atoms with Crippen LogP contribution in [0.25, 0.3) is 5.69 Å². The van der Waals surface area contributed by atoms with Crippen LogP contribution in [-0.2, 0) is 0 Å². The van der Waals surface area contributed by atoms with Gasteiger partial charge in [-0.3, -0.25) is 0 Å². The van der Waals surface area contributed by atoms with Crippen LogP contribution in [0.3, 0.4) is 0 Å². The van der Waals surface area contributed by atoms with E-state index >= 15 is 0 Å². The molecule has 0 atom stereocenters. The summed E-state index contributed by atoms with van der Waals surface area (Å²) < 4.78 is 3.38. The van der Waals surface area contributed by atoms with Gasteiger partial charge in [0.15, 0.2) is 5.69 Å². The Morgan fingerprint density at radius 2 is 1.87 bits per heavy atom. The van der Waals surface area contributed by atoms with Crippen LogP contribution in [-0.4, -0.2) is 9.78 Å². The van der Waals surface area contributed by atoms with Gasteiger partial charge in [-0.15, -0.1) is 0 Å². The van der Waals surface area contributed by atoms with E-state index in [2.05, 4.69) is 37.0 Å². The SMILES string of the molecule is N#Cc1nn(-c2ccc(Br)cc2)cc1Br. The van der Waals surface area contributed by atoms with Crippen LogP contribution in [0, 0.1) is 11.3 Å². The zero-order chi connectivity index (χ0) is 10.8. The minimum atomic E-state index is 0.387. The number of nitriles is 1. The monoisotopic (exact) mass is 325 g/mol. The second-order valence-corrected chi connectivity index (χ2v) is 4.63. The topological polar surface area (TPSA) is 41.6 Å². The molecule has 2 rings (SSSR count). The molecular formula is C10H5Br2N3. The molecule has 0 radical (unpaired) electrons. The Bertz CT molecular complexity index is 523. The molecular weight excluding hydrogens is 322 g/mol. The van der Waals surface area contributed by atoms with E-state index in [1.165, 1.54) is 0 Å². The van der Waals surface area contributed by atoms with Crippen molar-refractivity contribution in [3.63, 3.8) is 0 Å². The highest BCUT2D eigenvalue weighted by atomic mass is 79.9. The molecule has 5 heteroatoms. The molecule has 74 valence electrons. The van der Waals surface area contributed by atoms with Crippen molar-refractivity contribution in [3.8, 4) is 11.8 Å². The van der Waals surface area contributed by atoms with E-state index in [4.69, 9.17) is 5.26 Å². The number of nitrogens with zero attached hydrogens (tertiary/aromatic N) is 3. The first-order valence-corrected chi connectivity index (χ1v) is 5.70. The molecule has 0 spiro atoms. The lowest BCUT2D eigenvalue weighted by molar-refractivity contribution is 0.873. The summed E-state index contributed by atoms with van der Waals surface area (Å²) in [5.74, 6) is 0. The van der Waals surface area contributed by atoms with Gasteiger partial charge in [-0.2, -0.15) is 10.4 Å². The Morgan fingerprint density at radius 3 is 2.40 bits per heavy atom. The number of halogens is 2. The van der Waals surface area contributed by atoms with Gasteiger partial charge in [-0.05, 0) is 40.2 Å². The number of benzene rings is 1. The summed E-state index contributed by atoms with van der Waals surface area (Å²) in [4.78, 5) is 0. The highest BCUT2D eigenvalue weighted by Crippen LogP contribution is 2.18. The first-order valence-electron chi connectivity index (χ1n) is 4.12. The molecule has 0 aliphatic rings. The fraction of sp³-hybridized carbons (Fsp3) is 0. The number of rotatable bonds is 1. The van der Waals surface area contributed by atoms with E-state index in [-0.39, 0.29) is 0 Å². The van der Waals surface area contributed by atoms with Crippen molar-refractivity contribution in [3.05, 3.63) is 45.1 Å². The molecule has 0 unspecified atom stereocenters. The van der Waals surface area contributed by atoms with Gasteiger partial charge in [-0.25, -0.2) is 4.68 Å². The Labute approximate surface area is 104 Å². The van der Waals surface area contributed by atoms with Crippen molar-refractivity contribution < 1.29 is 0 Å². The molecule has 2 aromatic rings. The van der Waals surface area contributed by atoms with Crippen LogP contribution >= 0.6 is 31.9 Å². The normalized spacial score (nSPS) is 9.93. The average molecular weight is 327 g/mol. The van der Waals surface area contributed by atoms with Gasteiger partial charge in [0.2, 0.25) is 0 Å². The summed E-state index contributed by atoms with van der Waals surface area (Å²) in [5, 5.41) is 12.9. The van der Waals surface area contributed by atoms with E-state index in [0.717, 1.165) is 10.2 Å². The molecule has 0 aliphatic carbocycles. The third-order valence-corrected chi connectivity index (χ3v) is 2.98. The Hall–Kier alpha value is -1.12. The van der Waals surface area contributed by atoms with Crippen molar-refractivity contribution in [2.45, 2.75) is 0 Å². The first-order chi connectivity index (χ1) is 7.20. The lowest BCUT2D eigenvalue weighted by Crippen LogP contribution is -1.94. The van der Waals surface area contributed by atoms with E-state index < -0.39 is 0 Å². The zero-order valence-electron chi connectivity index (χ0n) is 7.48. The summed E-state index contributed by atoms with van der Waals surface area (Å²) in [5.41, 5.74) is 1.30. The molecule has 1 aromatic carbocycles. The van der Waals surface area contributed by atoms with E-state index in [1.807, 2.05) is 30.3 Å². The Balaban J connectivity index is 2.46.